The first kappa shape index (κ1) is 14.6. The van der Waals surface area contributed by atoms with Gasteiger partial charge in [-0.1, -0.05) is 6.07 Å². The fraction of sp³-hybridized carbons (Fsp3) is 0.500. The van der Waals surface area contributed by atoms with Gasteiger partial charge in [0.25, 0.3) is 0 Å². The normalized spacial score (nSPS) is 20.2. The lowest BCUT2D eigenvalue weighted by Crippen LogP contribution is -2.37. The molecule has 1 heterocycles. The Kier molecular flexibility index (Phi) is 4.81. The molecule has 0 radical (unpaired) electrons. The SMILES string of the molecule is COc1ccc(C(O)C(=O)O)cc1OC1CCCNC1. The van der Waals surface area contributed by atoms with E-state index < -0.39 is 12.1 Å². The molecule has 1 saturated heterocycles. The Labute approximate surface area is 117 Å². The number of hydrogen-bond donors (Lipinski definition) is 3. The first-order valence-electron chi connectivity index (χ1n) is 6.58. The second-order valence-electron chi connectivity index (χ2n) is 4.74. The fourth-order valence-corrected chi connectivity index (χ4v) is 2.20. The predicted molar refractivity (Wildman–Crippen MR) is 72.1 cm³/mol. The number of carboxylic acids is 1. The summed E-state index contributed by atoms with van der Waals surface area (Å²) in [6, 6.07) is 4.64. The smallest absolute Gasteiger partial charge is 0.337 e. The van der Waals surface area contributed by atoms with E-state index in [-0.39, 0.29) is 11.7 Å². The summed E-state index contributed by atoms with van der Waals surface area (Å²) >= 11 is 0. The highest BCUT2D eigenvalue weighted by atomic mass is 16.5. The van der Waals surface area contributed by atoms with Crippen molar-refractivity contribution in [3.63, 3.8) is 0 Å². The molecule has 110 valence electrons. The number of aliphatic hydroxyl groups is 1. The third kappa shape index (κ3) is 3.40. The first-order valence-corrected chi connectivity index (χ1v) is 6.58. The van der Waals surface area contributed by atoms with Crippen LogP contribution in [0.2, 0.25) is 0 Å². The maximum absolute atomic E-state index is 10.8. The highest BCUT2D eigenvalue weighted by Crippen LogP contribution is 2.32. The minimum atomic E-state index is -1.56. The molecule has 0 aromatic heterocycles. The quantitative estimate of drug-likeness (QED) is 0.744. The molecule has 1 aromatic rings. The fourth-order valence-electron chi connectivity index (χ4n) is 2.20. The van der Waals surface area contributed by atoms with E-state index in [1.54, 1.807) is 6.07 Å². The summed E-state index contributed by atoms with van der Waals surface area (Å²) in [4.78, 5) is 10.8. The van der Waals surface area contributed by atoms with E-state index in [9.17, 15) is 9.90 Å². The Morgan fingerprint density at radius 3 is 2.85 bits per heavy atom. The summed E-state index contributed by atoms with van der Waals surface area (Å²) in [5, 5.41) is 21.7. The lowest BCUT2D eigenvalue weighted by atomic mass is 10.1. The highest BCUT2D eigenvalue weighted by Gasteiger charge is 2.21. The molecule has 6 heteroatoms. The number of rotatable bonds is 5. The van der Waals surface area contributed by atoms with Crippen LogP contribution >= 0.6 is 0 Å². The number of carbonyl (C=O) groups is 1. The molecule has 6 nitrogen and oxygen atoms in total. The van der Waals surface area contributed by atoms with Gasteiger partial charge < -0.3 is 25.0 Å². The van der Waals surface area contributed by atoms with Gasteiger partial charge in [-0.05, 0) is 37.1 Å². The van der Waals surface area contributed by atoms with Gasteiger partial charge in [0, 0.05) is 6.54 Å². The van der Waals surface area contributed by atoms with Crippen LogP contribution < -0.4 is 14.8 Å². The van der Waals surface area contributed by atoms with Crippen molar-refractivity contribution in [3.8, 4) is 11.5 Å². The zero-order valence-corrected chi connectivity index (χ0v) is 11.3. The van der Waals surface area contributed by atoms with Gasteiger partial charge in [0.1, 0.15) is 6.10 Å². The van der Waals surface area contributed by atoms with Crippen LogP contribution in [0.5, 0.6) is 11.5 Å². The van der Waals surface area contributed by atoms with Crippen LogP contribution in [0.1, 0.15) is 24.5 Å². The van der Waals surface area contributed by atoms with Gasteiger partial charge in [0.2, 0.25) is 0 Å². The highest BCUT2D eigenvalue weighted by molar-refractivity contribution is 5.74. The first-order chi connectivity index (χ1) is 9.61. The van der Waals surface area contributed by atoms with Gasteiger partial charge in [-0.3, -0.25) is 0 Å². The number of hydrogen-bond acceptors (Lipinski definition) is 5. The number of aliphatic hydroxyl groups excluding tert-OH is 1. The summed E-state index contributed by atoms with van der Waals surface area (Å²) in [7, 11) is 1.52. The Hall–Kier alpha value is -1.79. The van der Waals surface area contributed by atoms with Gasteiger partial charge in [-0.25, -0.2) is 4.79 Å². The Morgan fingerprint density at radius 1 is 1.45 bits per heavy atom. The molecule has 0 aliphatic carbocycles. The monoisotopic (exact) mass is 281 g/mol. The molecule has 0 bridgehead atoms. The third-order valence-electron chi connectivity index (χ3n) is 3.28. The molecule has 1 fully saturated rings. The number of piperidine rings is 1. The molecule has 3 N–H and O–H groups in total. The molecular weight excluding hydrogens is 262 g/mol. The van der Waals surface area contributed by atoms with E-state index >= 15 is 0 Å². The predicted octanol–water partition coefficient (Wildman–Crippen LogP) is 0.944. The van der Waals surface area contributed by atoms with Crippen molar-refractivity contribution < 1.29 is 24.5 Å². The standard InChI is InChI=1S/C14H19NO5/c1-19-11-5-4-9(13(16)14(17)18)7-12(11)20-10-3-2-6-15-8-10/h4-5,7,10,13,15-16H,2-3,6,8H2,1H3,(H,17,18). The van der Waals surface area contributed by atoms with Gasteiger partial charge >= 0.3 is 5.97 Å². The number of ether oxygens (including phenoxy) is 2. The number of carboxylic acid groups (broad SMARTS) is 1. The lowest BCUT2D eigenvalue weighted by molar-refractivity contribution is -0.146. The van der Waals surface area contributed by atoms with Gasteiger partial charge in [0.05, 0.1) is 7.11 Å². The van der Waals surface area contributed by atoms with Gasteiger partial charge in [-0.15, -0.1) is 0 Å². The van der Waals surface area contributed by atoms with Crippen LogP contribution in [0.4, 0.5) is 0 Å². The van der Waals surface area contributed by atoms with Gasteiger partial charge in [0.15, 0.2) is 17.6 Å². The summed E-state index contributed by atoms with van der Waals surface area (Å²) in [5.74, 6) is -0.309. The van der Waals surface area contributed by atoms with Crippen molar-refractivity contribution in [1.29, 1.82) is 0 Å². The summed E-state index contributed by atoms with van der Waals surface area (Å²) < 4.78 is 11.1. The minimum Gasteiger partial charge on any atom is -0.493 e. The third-order valence-corrected chi connectivity index (χ3v) is 3.28. The van der Waals surface area contributed by atoms with E-state index in [1.165, 1.54) is 19.2 Å². The molecule has 1 aliphatic rings. The van der Waals surface area contributed by atoms with Crippen molar-refractivity contribution in [3.05, 3.63) is 23.8 Å². The number of benzene rings is 1. The average molecular weight is 281 g/mol. The largest absolute Gasteiger partial charge is 0.493 e. The Bertz CT molecular complexity index is 471. The second-order valence-corrected chi connectivity index (χ2v) is 4.74. The number of aliphatic carboxylic acids is 1. The van der Waals surface area contributed by atoms with Crippen molar-refractivity contribution in [2.45, 2.75) is 25.0 Å². The summed E-state index contributed by atoms with van der Waals surface area (Å²) in [6.07, 6.45) is 0.425. The van der Waals surface area contributed by atoms with Crippen LogP contribution in [0.15, 0.2) is 18.2 Å². The van der Waals surface area contributed by atoms with E-state index in [0.29, 0.717) is 11.5 Å². The van der Waals surface area contributed by atoms with Crippen LogP contribution in [0.25, 0.3) is 0 Å². The van der Waals surface area contributed by atoms with Crippen molar-refractivity contribution in [1.82, 2.24) is 5.32 Å². The molecule has 1 aliphatic heterocycles. The van der Waals surface area contributed by atoms with E-state index in [2.05, 4.69) is 5.32 Å². The number of nitrogens with one attached hydrogen (secondary N) is 1. The van der Waals surface area contributed by atoms with Crippen molar-refractivity contribution in [2.75, 3.05) is 20.2 Å². The van der Waals surface area contributed by atoms with Crippen LogP contribution in [0, 0.1) is 0 Å². The maximum Gasteiger partial charge on any atom is 0.337 e. The molecule has 2 rings (SSSR count). The van der Waals surface area contributed by atoms with Crippen LogP contribution in [0.3, 0.4) is 0 Å². The van der Waals surface area contributed by atoms with Crippen LogP contribution in [-0.4, -0.2) is 42.5 Å². The molecular formula is C14H19NO5. The maximum atomic E-state index is 10.8. The minimum absolute atomic E-state index is 0.0230. The molecule has 2 atom stereocenters. The molecule has 2 unspecified atom stereocenters. The average Bonchev–Trinajstić information content (AvgIpc) is 2.47. The Morgan fingerprint density at radius 2 is 2.25 bits per heavy atom. The van der Waals surface area contributed by atoms with E-state index in [1.807, 2.05) is 0 Å². The molecule has 1 aromatic carbocycles. The van der Waals surface area contributed by atoms with E-state index in [0.717, 1.165) is 25.9 Å². The Balaban J connectivity index is 2.19. The zero-order valence-electron chi connectivity index (χ0n) is 11.3. The molecule has 0 amide bonds. The van der Waals surface area contributed by atoms with Crippen molar-refractivity contribution in [2.24, 2.45) is 0 Å². The van der Waals surface area contributed by atoms with Crippen molar-refractivity contribution >= 4 is 5.97 Å². The summed E-state index contributed by atoms with van der Waals surface area (Å²) in [6.45, 7) is 1.73. The second kappa shape index (κ2) is 6.58. The van der Waals surface area contributed by atoms with Gasteiger partial charge in [-0.2, -0.15) is 0 Å². The van der Waals surface area contributed by atoms with E-state index in [4.69, 9.17) is 14.6 Å². The zero-order chi connectivity index (χ0) is 14.5. The lowest BCUT2D eigenvalue weighted by Gasteiger charge is -2.25. The topological polar surface area (TPSA) is 88.0 Å². The molecule has 0 spiro atoms. The molecule has 20 heavy (non-hydrogen) atoms. The van der Waals surface area contributed by atoms with Crippen LogP contribution in [-0.2, 0) is 4.79 Å². The molecule has 0 saturated carbocycles. The number of methoxy groups -OCH3 is 1. The summed E-state index contributed by atoms with van der Waals surface area (Å²) in [5.41, 5.74) is 0.275.